The Balaban J connectivity index is 2.18. The van der Waals surface area contributed by atoms with E-state index in [2.05, 4.69) is 0 Å². The van der Waals surface area contributed by atoms with Crippen LogP contribution in [0.25, 0.3) is 0 Å². The first-order chi connectivity index (χ1) is 11.8. The van der Waals surface area contributed by atoms with Crippen LogP contribution in [-0.4, -0.2) is 30.8 Å². The Bertz CT molecular complexity index is 629. The van der Waals surface area contributed by atoms with Crippen molar-refractivity contribution in [3.8, 4) is 23.0 Å². The van der Waals surface area contributed by atoms with Crippen LogP contribution in [0.1, 0.15) is 27.7 Å². The largest absolute Gasteiger partial charge is 0.815 e. The molecule has 0 unspecified atom stereocenters. The minimum absolute atomic E-state index is 0.0840. The van der Waals surface area contributed by atoms with E-state index in [0.29, 0.717) is 11.5 Å². The molecule has 25 heavy (non-hydrogen) atoms. The molecule has 7 heteroatoms. The lowest BCUT2D eigenvalue weighted by Crippen LogP contribution is -2.49. The molecule has 0 amide bonds. The molecule has 0 fully saturated rings. The maximum atomic E-state index is 10.3. The van der Waals surface area contributed by atoms with E-state index in [-0.39, 0.29) is 23.7 Å². The Morgan fingerprint density at radius 2 is 0.960 bits per heavy atom. The van der Waals surface area contributed by atoms with Gasteiger partial charge in [0.2, 0.25) is 0 Å². The zero-order valence-electron chi connectivity index (χ0n) is 14.8. The average molecular weight is 364 g/mol. The van der Waals surface area contributed by atoms with Crippen molar-refractivity contribution >= 4 is 9.05 Å². The van der Waals surface area contributed by atoms with Gasteiger partial charge in [-0.2, -0.15) is 0 Å². The molecule has 2 aromatic carbocycles. The van der Waals surface area contributed by atoms with Crippen LogP contribution >= 0.6 is 0 Å². The van der Waals surface area contributed by atoms with Crippen LogP contribution in [0, 0.1) is 0 Å². The van der Waals surface area contributed by atoms with Crippen LogP contribution in [-0.2, 0) is 0 Å². The molecule has 0 saturated heterocycles. The molecule has 0 atom stereocenters. The first-order valence-electron chi connectivity index (χ1n) is 8.11. The highest BCUT2D eigenvalue weighted by Gasteiger charge is 2.44. The van der Waals surface area contributed by atoms with Gasteiger partial charge < -0.3 is 27.9 Å². The molecule has 6 nitrogen and oxygen atoms in total. The van der Waals surface area contributed by atoms with Crippen molar-refractivity contribution in [3.63, 3.8) is 0 Å². The lowest BCUT2D eigenvalue weighted by atomic mass is 10.3. The van der Waals surface area contributed by atoms with Gasteiger partial charge in [0.05, 0.1) is 12.2 Å². The van der Waals surface area contributed by atoms with Crippen LogP contribution in [0.15, 0.2) is 48.5 Å². The third-order valence-corrected chi connectivity index (χ3v) is 3.88. The zero-order valence-corrected chi connectivity index (χ0v) is 15.8. The molecular weight excluding hydrogens is 340 g/mol. The molecule has 0 heterocycles. The Morgan fingerprint density at radius 1 is 0.640 bits per heavy atom. The molecule has 2 rings (SSSR count). The standard InChI is InChI=1S/C18H24O6Si/c1-13(2)21-15-9-5-7-11-17(15)23-25(19,20)24-18-12-8-6-10-16(18)22-14(3)4/h5-14,19-20H,1-4H3. The summed E-state index contributed by atoms with van der Waals surface area (Å²) >= 11 is 0. The monoisotopic (exact) mass is 364 g/mol. The Morgan fingerprint density at radius 3 is 1.28 bits per heavy atom. The van der Waals surface area contributed by atoms with Crippen molar-refractivity contribution in [2.45, 2.75) is 39.9 Å². The predicted molar refractivity (Wildman–Crippen MR) is 95.9 cm³/mol. The molecule has 0 aromatic heterocycles. The summed E-state index contributed by atoms with van der Waals surface area (Å²) in [7, 11) is -4.51. The van der Waals surface area contributed by atoms with Crippen LogP contribution in [0.5, 0.6) is 23.0 Å². The van der Waals surface area contributed by atoms with Gasteiger partial charge in [-0.15, -0.1) is 0 Å². The van der Waals surface area contributed by atoms with Gasteiger partial charge in [0.15, 0.2) is 23.0 Å². The topological polar surface area (TPSA) is 77.4 Å². The van der Waals surface area contributed by atoms with Gasteiger partial charge in [-0.05, 0) is 52.0 Å². The molecule has 0 saturated carbocycles. The third-order valence-electron chi connectivity index (χ3n) is 2.91. The third kappa shape index (κ3) is 5.97. The lowest BCUT2D eigenvalue weighted by Gasteiger charge is -2.22. The average Bonchev–Trinajstić information content (AvgIpc) is 2.50. The molecular formula is C18H24O6Si. The van der Waals surface area contributed by atoms with E-state index in [1.54, 1.807) is 48.5 Å². The quantitative estimate of drug-likeness (QED) is 0.701. The van der Waals surface area contributed by atoms with Crippen molar-refractivity contribution in [1.82, 2.24) is 0 Å². The van der Waals surface area contributed by atoms with Gasteiger partial charge >= 0.3 is 9.05 Å². The van der Waals surface area contributed by atoms with Crippen molar-refractivity contribution in [2.24, 2.45) is 0 Å². The molecule has 2 aromatic rings. The minimum Gasteiger partial charge on any atom is -0.487 e. The second kappa shape index (κ2) is 8.24. The van der Waals surface area contributed by atoms with Gasteiger partial charge in [-0.3, -0.25) is 0 Å². The van der Waals surface area contributed by atoms with E-state index in [0.717, 1.165) is 0 Å². The summed E-state index contributed by atoms with van der Waals surface area (Å²) in [4.78, 5) is 20.6. The summed E-state index contributed by atoms with van der Waals surface area (Å²) in [6, 6.07) is 13.5. The lowest BCUT2D eigenvalue weighted by molar-refractivity contribution is 0.129. The van der Waals surface area contributed by atoms with Gasteiger partial charge in [0.1, 0.15) is 0 Å². The highest BCUT2D eigenvalue weighted by molar-refractivity contribution is 6.52. The zero-order chi connectivity index (χ0) is 18.4. The SMILES string of the molecule is CC(C)Oc1ccccc1O[Si](O)(O)Oc1ccccc1OC(C)C. The van der Waals surface area contributed by atoms with E-state index in [4.69, 9.17) is 18.3 Å². The predicted octanol–water partition coefficient (Wildman–Crippen LogP) is 3.14. The van der Waals surface area contributed by atoms with E-state index < -0.39 is 9.05 Å². The molecule has 0 aliphatic heterocycles. The summed E-state index contributed by atoms with van der Waals surface area (Å²) in [6.07, 6.45) is -0.168. The Hall–Kier alpha value is -2.22. The van der Waals surface area contributed by atoms with E-state index in [1.807, 2.05) is 27.7 Å². The summed E-state index contributed by atoms with van der Waals surface area (Å²) in [6.45, 7) is 7.48. The fourth-order valence-electron chi connectivity index (χ4n) is 2.08. The van der Waals surface area contributed by atoms with Crippen molar-refractivity contribution < 1.29 is 27.9 Å². The normalized spacial score (nSPS) is 11.5. The summed E-state index contributed by atoms with van der Waals surface area (Å²) in [5, 5.41) is 0. The maximum absolute atomic E-state index is 10.3. The molecule has 0 aliphatic carbocycles. The number of ether oxygens (including phenoxy) is 2. The van der Waals surface area contributed by atoms with Crippen LogP contribution in [0.3, 0.4) is 0 Å². The number of rotatable bonds is 8. The highest BCUT2D eigenvalue weighted by atomic mass is 28.4. The second-order valence-corrected chi connectivity index (χ2v) is 7.48. The highest BCUT2D eigenvalue weighted by Crippen LogP contribution is 2.32. The van der Waals surface area contributed by atoms with E-state index in [1.165, 1.54) is 0 Å². The van der Waals surface area contributed by atoms with E-state index >= 15 is 0 Å². The van der Waals surface area contributed by atoms with Gasteiger partial charge in [0, 0.05) is 0 Å². The first-order valence-corrected chi connectivity index (χ1v) is 9.82. The van der Waals surface area contributed by atoms with Gasteiger partial charge in [0.25, 0.3) is 0 Å². The van der Waals surface area contributed by atoms with Crippen LogP contribution in [0.4, 0.5) is 0 Å². The smallest absolute Gasteiger partial charge is 0.487 e. The Kier molecular flexibility index (Phi) is 6.30. The summed E-state index contributed by atoms with van der Waals surface area (Å²) in [5.41, 5.74) is 0. The second-order valence-electron chi connectivity index (χ2n) is 5.98. The van der Waals surface area contributed by atoms with Crippen LogP contribution in [0.2, 0.25) is 0 Å². The molecule has 2 N–H and O–H groups in total. The summed E-state index contributed by atoms with van der Waals surface area (Å²) < 4.78 is 21.9. The fraction of sp³-hybridized carbons (Fsp3) is 0.333. The molecule has 0 bridgehead atoms. The number of para-hydroxylation sites is 4. The number of hydrogen-bond donors (Lipinski definition) is 2. The minimum atomic E-state index is -4.51. The molecule has 0 aliphatic rings. The molecule has 0 spiro atoms. The van der Waals surface area contributed by atoms with Gasteiger partial charge in [-0.25, -0.2) is 0 Å². The summed E-state index contributed by atoms with van der Waals surface area (Å²) in [5.74, 6) is 1.23. The van der Waals surface area contributed by atoms with E-state index in [9.17, 15) is 9.59 Å². The number of hydrogen-bond acceptors (Lipinski definition) is 6. The fourth-order valence-corrected chi connectivity index (χ4v) is 3.03. The van der Waals surface area contributed by atoms with Crippen molar-refractivity contribution in [3.05, 3.63) is 48.5 Å². The van der Waals surface area contributed by atoms with Crippen molar-refractivity contribution in [1.29, 1.82) is 0 Å². The van der Waals surface area contributed by atoms with Crippen molar-refractivity contribution in [2.75, 3.05) is 0 Å². The van der Waals surface area contributed by atoms with Gasteiger partial charge in [-0.1, -0.05) is 24.3 Å². The number of benzene rings is 2. The Labute approximate surface area is 149 Å². The maximum Gasteiger partial charge on any atom is 0.815 e. The first kappa shape index (κ1) is 19.1. The van der Waals surface area contributed by atoms with Crippen LogP contribution < -0.4 is 18.3 Å². The molecule has 136 valence electrons. The molecule has 0 radical (unpaired) electrons.